The number of aromatic nitrogens is 2. The predicted octanol–water partition coefficient (Wildman–Crippen LogP) is 4.64. The number of methoxy groups -OCH3 is 1. The molecule has 140 valence electrons. The van der Waals surface area contributed by atoms with Crippen molar-refractivity contribution in [1.82, 2.24) is 9.55 Å². The minimum atomic E-state index is -0.539. The van der Waals surface area contributed by atoms with E-state index < -0.39 is 5.82 Å². The molecule has 0 radical (unpaired) electrons. The predicted molar refractivity (Wildman–Crippen MR) is 107 cm³/mol. The van der Waals surface area contributed by atoms with Crippen molar-refractivity contribution in [2.24, 2.45) is 7.05 Å². The molecule has 0 atom stereocenters. The topological polar surface area (TPSA) is 56.1 Å². The van der Waals surface area contributed by atoms with Crippen LogP contribution in [0.4, 0.5) is 10.1 Å². The number of halogens is 1. The quantitative estimate of drug-likeness (QED) is 0.565. The first-order valence-electron chi connectivity index (χ1n) is 8.72. The van der Waals surface area contributed by atoms with Crippen LogP contribution in [0.1, 0.15) is 10.4 Å². The molecule has 0 spiro atoms. The highest BCUT2D eigenvalue weighted by Gasteiger charge is 2.15. The number of aryl methyl sites for hydroxylation is 1. The number of carbonyl (C=O) groups excluding carboxylic acids is 1. The monoisotopic (exact) mass is 375 g/mol. The van der Waals surface area contributed by atoms with Gasteiger partial charge in [-0.25, -0.2) is 4.39 Å². The highest BCUT2D eigenvalue weighted by Crippen LogP contribution is 2.30. The lowest BCUT2D eigenvalue weighted by molar-refractivity contribution is 0.102. The Morgan fingerprint density at radius 1 is 1.14 bits per heavy atom. The number of ether oxygens (including phenoxy) is 1. The van der Waals surface area contributed by atoms with Crippen LogP contribution in [0.2, 0.25) is 0 Å². The minimum absolute atomic E-state index is 0.226. The van der Waals surface area contributed by atoms with E-state index in [0.29, 0.717) is 17.1 Å². The van der Waals surface area contributed by atoms with E-state index in [1.54, 1.807) is 24.4 Å². The molecule has 0 unspecified atom stereocenters. The molecule has 0 saturated carbocycles. The molecule has 1 N–H and O–H groups in total. The van der Waals surface area contributed by atoms with Gasteiger partial charge in [0.1, 0.15) is 17.3 Å². The van der Waals surface area contributed by atoms with Crippen LogP contribution in [0.3, 0.4) is 0 Å². The molecule has 0 aliphatic carbocycles. The van der Waals surface area contributed by atoms with E-state index in [1.165, 1.54) is 19.2 Å². The fourth-order valence-corrected chi connectivity index (χ4v) is 3.17. The number of amides is 1. The van der Waals surface area contributed by atoms with Crippen LogP contribution in [0.25, 0.3) is 22.2 Å². The molecule has 4 aromatic rings. The lowest BCUT2D eigenvalue weighted by Crippen LogP contribution is -2.12. The lowest BCUT2D eigenvalue weighted by atomic mass is 10.1. The maximum absolute atomic E-state index is 14.7. The Bertz CT molecular complexity index is 1180. The van der Waals surface area contributed by atoms with Crippen LogP contribution >= 0.6 is 0 Å². The van der Waals surface area contributed by atoms with Crippen LogP contribution in [0.5, 0.6) is 5.75 Å². The van der Waals surface area contributed by atoms with Gasteiger partial charge in [0.05, 0.1) is 7.11 Å². The van der Waals surface area contributed by atoms with E-state index in [0.717, 1.165) is 10.9 Å². The summed E-state index contributed by atoms with van der Waals surface area (Å²) in [5.74, 6) is -0.452. The second-order valence-corrected chi connectivity index (χ2v) is 6.40. The number of hydrogen-bond acceptors (Lipinski definition) is 3. The molecule has 2 heterocycles. The molecule has 0 saturated heterocycles. The van der Waals surface area contributed by atoms with E-state index >= 15 is 0 Å². The normalized spacial score (nSPS) is 10.8. The van der Waals surface area contributed by atoms with Gasteiger partial charge in [0.2, 0.25) is 0 Å². The summed E-state index contributed by atoms with van der Waals surface area (Å²) in [5.41, 5.74) is 2.62. The van der Waals surface area contributed by atoms with Gasteiger partial charge in [0, 0.05) is 47.2 Å². The van der Waals surface area contributed by atoms with E-state index in [4.69, 9.17) is 4.74 Å². The third-order valence-corrected chi connectivity index (χ3v) is 4.62. The number of carbonyl (C=O) groups is 1. The molecule has 2 aromatic heterocycles. The first kappa shape index (κ1) is 17.7. The summed E-state index contributed by atoms with van der Waals surface area (Å²) in [6.07, 6.45) is 3.52. The fraction of sp³-hybridized carbons (Fsp3) is 0.0909. The summed E-state index contributed by atoms with van der Waals surface area (Å²) in [6.45, 7) is 0. The number of rotatable bonds is 4. The summed E-state index contributed by atoms with van der Waals surface area (Å²) in [7, 11) is 3.46. The Morgan fingerprint density at radius 3 is 2.79 bits per heavy atom. The number of benzene rings is 2. The summed E-state index contributed by atoms with van der Waals surface area (Å²) < 4.78 is 21.9. The van der Waals surface area contributed by atoms with Crippen molar-refractivity contribution < 1.29 is 13.9 Å². The summed E-state index contributed by atoms with van der Waals surface area (Å²) in [4.78, 5) is 16.7. The fourth-order valence-electron chi connectivity index (χ4n) is 3.17. The Balaban J connectivity index is 1.60. The van der Waals surface area contributed by atoms with Gasteiger partial charge in [-0.2, -0.15) is 0 Å². The third kappa shape index (κ3) is 3.20. The maximum atomic E-state index is 14.7. The van der Waals surface area contributed by atoms with Crippen LogP contribution in [0, 0.1) is 5.82 Å². The van der Waals surface area contributed by atoms with Gasteiger partial charge in [-0.1, -0.05) is 0 Å². The summed E-state index contributed by atoms with van der Waals surface area (Å²) >= 11 is 0. The second-order valence-electron chi connectivity index (χ2n) is 6.40. The average Bonchev–Trinajstić information content (AvgIpc) is 3.08. The van der Waals surface area contributed by atoms with Gasteiger partial charge >= 0.3 is 0 Å². The van der Waals surface area contributed by atoms with Crippen molar-refractivity contribution in [2.45, 2.75) is 0 Å². The average molecular weight is 375 g/mol. The number of nitrogens with one attached hydrogen (secondary N) is 1. The van der Waals surface area contributed by atoms with Gasteiger partial charge in [-0.05, 0) is 54.6 Å². The molecular weight excluding hydrogens is 357 g/mol. The molecule has 0 aliphatic rings. The molecule has 0 fully saturated rings. The highest BCUT2D eigenvalue weighted by molar-refractivity contribution is 6.05. The first-order valence-corrected chi connectivity index (χ1v) is 8.72. The smallest absolute Gasteiger partial charge is 0.255 e. The Kier molecular flexibility index (Phi) is 4.53. The van der Waals surface area contributed by atoms with Crippen LogP contribution in [-0.2, 0) is 7.05 Å². The Hall–Kier alpha value is -3.67. The van der Waals surface area contributed by atoms with Gasteiger partial charge < -0.3 is 14.6 Å². The van der Waals surface area contributed by atoms with Crippen molar-refractivity contribution >= 4 is 22.5 Å². The first-order chi connectivity index (χ1) is 13.6. The molecule has 5 nitrogen and oxygen atoms in total. The third-order valence-electron chi connectivity index (χ3n) is 4.62. The Morgan fingerprint density at radius 2 is 2.00 bits per heavy atom. The molecule has 0 bridgehead atoms. The number of pyridine rings is 1. The van der Waals surface area contributed by atoms with Crippen molar-refractivity contribution in [2.75, 3.05) is 12.4 Å². The van der Waals surface area contributed by atoms with E-state index in [1.807, 2.05) is 42.1 Å². The lowest BCUT2D eigenvalue weighted by Gasteiger charge is -2.10. The molecule has 0 aliphatic heterocycles. The van der Waals surface area contributed by atoms with Crippen molar-refractivity contribution in [3.63, 3.8) is 0 Å². The van der Waals surface area contributed by atoms with Crippen molar-refractivity contribution in [3.8, 4) is 17.0 Å². The van der Waals surface area contributed by atoms with Crippen LogP contribution in [0.15, 0.2) is 67.0 Å². The zero-order valence-corrected chi connectivity index (χ0v) is 15.4. The minimum Gasteiger partial charge on any atom is -0.494 e. The van der Waals surface area contributed by atoms with Crippen molar-refractivity contribution in [3.05, 3.63) is 78.4 Å². The molecule has 2 aromatic carbocycles. The molecule has 4 rings (SSSR count). The van der Waals surface area contributed by atoms with E-state index in [2.05, 4.69) is 10.3 Å². The summed E-state index contributed by atoms with van der Waals surface area (Å²) in [5, 5.41) is 3.83. The van der Waals surface area contributed by atoms with Gasteiger partial charge in [-0.15, -0.1) is 0 Å². The number of hydrogen-bond donors (Lipinski definition) is 1. The second kappa shape index (κ2) is 7.15. The van der Waals surface area contributed by atoms with E-state index in [9.17, 15) is 9.18 Å². The van der Waals surface area contributed by atoms with E-state index in [-0.39, 0.29) is 17.0 Å². The highest BCUT2D eigenvalue weighted by atomic mass is 19.1. The number of fused-ring (bicyclic) bond motifs is 1. The zero-order valence-electron chi connectivity index (χ0n) is 15.4. The molecule has 1 amide bonds. The summed E-state index contributed by atoms with van der Waals surface area (Å²) in [6, 6.07) is 15.4. The molecule has 28 heavy (non-hydrogen) atoms. The van der Waals surface area contributed by atoms with Gasteiger partial charge in [-0.3, -0.25) is 9.78 Å². The van der Waals surface area contributed by atoms with Gasteiger partial charge in [0.25, 0.3) is 5.91 Å². The Labute approximate surface area is 161 Å². The number of nitrogens with zero attached hydrogens (tertiary/aromatic N) is 2. The maximum Gasteiger partial charge on any atom is 0.255 e. The van der Waals surface area contributed by atoms with Crippen LogP contribution < -0.4 is 10.1 Å². The van der Waals surface area contributed by atoms with Crippen LogP contribution in [-0.4, -0.2) is 22.6 Å². The largest absolute Gasteiger partial charge is 0.494 e. The zero-order chi connectivity index (χ0) is 19.7. The SMILES string of the molecule is COc1cccnc1-c1ccc(C(=O)Nc2ccc3c(ccn3C)c2)cc1F. The molecular formula is C22H18FN3O2. The standard InChI is InChI=1S/C22H18FN3O2/c1-26-11-9-14-12-16(6-8-19(14)26)25-22(27)15-5-7-17(18(23)13-15)21-20(28-2)4-3-10-24-21/h3-13H,1-2H3,(H,25,27). The van der Waals surface area contributed by atoms with Crippen molar-refractivity contribution in [1.29, 1.82) is 0 Å². The molecule has 6 heteroatoms. The van der Waals surface area contributed by atoms with Gasteiger partial charge in [0.15, 0.2) is 0 Å². The number of anilines is 1.